The van der Waals surface area contributed by atoms with Crippen molar-refractivity contribution in [3.63, 3.8) is 0 Å². The van der Waals surface area contributed by atoms with E-state index < -0.39 is 12.1 Å². The van der Waals surface area contributed by atoms with Crippen LogP contribution in [0, 0.1) is 0 Å². The number of aliphatic hydroxyl groups excluding tert-OH is 2. The zero-order valence-electron chi connectivity index (χ0n) is 34.7. The molecule has 0 aliphatic rings. The molecule has 2 atom stereocenters. The van der Waals surface area contributed by atoms with Crippen LogP contribution in [0.5, 0.6) is 0 Å². The topological polar surface area (TPSA) is 69.6 Å². The molecule has 4 heteroatoms. The van der Waals surface area contributed by atoms with Gasteiger partial charge in [0.2, 0.25) is 5.91 Å². The number of carbonyl (C=O) groups excluding carboxylic acids is 1. The van der Waals surface area contributed by atoms with Crippen LogP contribution in [0.15, 0.2) is 122 Å². The summed E-state index contributed by atoms with van der Waals surface area (Å²) in [6.45, 7) is 4.11. The number of amides is 1. The lowest BCUT2D eigenvalue weighted by Crippen LogP contribution is -2.45. The summed E-state index contributed by atoms with van der Waals surface area (Å²) in [6, 6.07) is -0.633. The Morgan fingerprint density at radius 3 is 1.22 bits per heavy atom. The van der Waals surface area contributed by atoms with E-state index in [4.69, 9.17) is 0 Å². The minimum absolute atomic E-state index is 0.0870. The zero-order valence-corrected chi connectivity index (χ0v) is 34.7. The van der Waals surface area contributed by atoms with Gasteiger partial charge in [-0.05, 0) is 89.9 Å². The van der Waals surface area contributed by atoms with Gasteiger partial charge in [0, 0.05) is 6.42 Å². The lowest BCUT2D eigenvalue weighted by Gasteiger charge is -2.20. The highest BCUT2D eigenvalue weighted by Gasteiger charge is 2.17. The smallest absolute Gasteiger partial charge is 0.220 e. The van der Waals surface area contributed by atoms with Crippen LogP contribution < -0.4 is 5.32 Å². The van der Waals surface area contributed by atoms with Crippen LogP contribution in [0.1, 0.15) is 168 Å². The van der Waals surface area contributed by atoms with E-state index in [0.717, 1.165) is 96.3 Å². The Kier molecular flexibility index (Phi) is 41.6. The van der Waals surface area contributed by atoms with Gasteiger partial charge >= 0.3 is 0 Å². The molecule has 0 aromatic carbocycles. The maximum atomic E-state index is 12.3. The molecule has 4 nitrogen and oxygen atoms in total. The number of nitrogens with one attached hydrogen (secondary N) is 1. The quantitative estimate of drug-likeness (QED) is 0.0438. The van der Waals surface area contributed by atoms with Crippen LogP contribution in [0.3, 0.4) is 0 Å². The highest BCUT2D eigenvalue weighted by atomic mass is 16.3. The van der Waals surface area contributed by atoms with Crippen molar-refractivity contribution in [2.45, 2.75) is 180 Å². The Labute approximate surface area is 333 Å². The SMILES string of the molecule is CC/C=C\C/C=C\C/C=C\C/C=C\C/C=C\C/C=C\C/C=C\C/C=C\C/C=C\CCCCCCCCCC(=O)NC(CO)C(O)/C=C/CCCCCCC. The summed E-state index contributed by atoms with van der Waals surface area (Å²) in [4.78, 5) is 12.3. The second-order valence-corrected chi connectivity index (χ2v) is 14.0. The van der Waals surface area contributed by atoms with E-state index >= 15 is 0 Å². The fraction of sp³-hybridized carbons (Fsp3) is 0.580. The summed E-state index contributed by atoms with van der Waals surface area (Å²) in [5.41, 5.74) is 0. The highest BCUT2D eigenvalue weighted by Crippen LogP contribution is 2.11. The molecule has 1 amide bonds. The van der Waals surface area contributed by atoms with Gasteiger partial charge in [-0.1, -0.05) is 193 Å². The summed E-state index contributed by atoms with van der Waals surface area (Å²) >= 11 is 0. The van der Waals surface area contributed by atoms with Crippen molar-refractivity contribution in [3.05, 3.63) is 122 Å². The molecule has 0 aromatic rings. The molecular formula is C50H81NO3. The van der Waals surface area contributed by atoms with E-state index in [-0.39, 0.29) is 12.5 Å². The lowest BCUT2D eigenvalue weighted by molar-refractivity contribution is -0.123. The third kappa shape index (κ3) is 40.0. The van der Waals surface area contributed by atoms with Crippen molar-refractivity contribution in [3.8, 4) is 0 Å². The maximum Gasteiger partial charge on any atom is 0.220 e. The van der Waals surface area contributed by atoms with Gasteiger partial charge in [0.1, 0.15) is 0 Å². The first-order valence-electron chi connectivity index (χ1n) is 21.7. The Balaban J connectivity index is 3.65. The summed E-state index contributed by atoms with van der Waals surface area (Å²) in [5, 5.41) is 22.7. The van der Waals surface area contributed by atoms with Crippen molar-refractivity contribution < 1.29 is 15.0 Å². The van der Waals surface area contributed by atoms with Crippen molar-refractivity contribution in [1.82, 2.24) is 5.32 Å². The van der Waals surface area contributed by atoms with Gasteiger partial charge in [0.15, 0.2) is 0 Å². The Morgan fingerprint density at radius 1 is 0.463 bits per heavy atom. The number of allylic oxidation sites excluding steroid dienone is 19. The molecule has 0 radical (unpaired) electrons. The van der Waals surface area contributed by atoms with Crippen molar-refractivity contribution in [2.24, 2.45) is 0 Å². The van der Waals surface area contributed by atoms with E-state index in [0.29, 0.717) is 6.42 Å². The largest absolute Gasteiger partial charge is 0.394 e. The van der Waals surface area contributed by atoms with Crippen LogP contribution in [-0.2, 0) is 4.79 Å². The molecule has 0 saturated heterocycles. The Morgan fingerprint density at radius 2 is 0.815 bits per heavy atom. The normalized spacial score (nSPS) is 14.2. The fourth-order valence-corrected chi connectivity index (χ4v) is 5.64. The molecule has 0 spiro atoms. The van der Waals surface area contributed by atoms with Gasteiger partial charge in [0.05, 0.1) is 18.8 Å². The van der Waals surface area contributed by atoms with Crippen molar-refractivity contribution in [1.29, 1.82) is 0 Å². The minimum atomic E-state index is -0.848. The molecule has 0 saturated carbocycles. The van der Waals surface area contributed by atoms with E-state index in [1.54, 1.807) is 6.08 Å². The monoisotopic (exact) mass is 744 g/mol. The average Bonchev–Trinajstić information content (AvgIpc) is 3.18. The molecule has 0 aliphatic heterocycles. The first-order valence-corrected chi connectivity index (χ1v) is 21.7. The second kappa shape index (κ2) is 44.2. The molecule has 3 N–H and O–H groups in total. The Bertz CT molecular complexity index is 1120. The Hall–Kier alpha value is -3.21. The standard InChI is InChI=1S/C50H81NO3/c1-3-5-7-9-11-12-13-14-15-16-17-18-19-20-21-22-23-24-25-26-27-28-29-30-31-32-33-34-35-36-37-38-40-42-44-46-50(54)51-48(47-52)49(53)45-43-41-39-10-8-6-4-2/h5,7,11-12,14-15,17-18,20-21,23-24,26-27,29-30,32-33,43,45,48-49,52-53H,3-4,6,8-10,13,16,19,22,25,28,31,34-42,44,46-47H2,1-2H3,(H,51,54)/b7-5-,12-11-,15-14-,18-17-,21-20-,24-23-,27-26-,30-29-,33-32-,45-43+. The molecule has 0 rings (SSSR count). The second-order valence-electron chi connectivity index (χ2n) is 14.0. The number of carbonyl (C=O) groups is 1. The van der Waals surface area contributed by atoms with Gasteiger partial charge < -0.3 is 15.5 Å². The van der Waals surface area contributed by atoms with E-state index in [1.165, 1.54) is 51.4 Å². The molecule has 304 valence electrons. The lowest BCUT2D eigenvalue weighted by atomic mass is 10.1. The van der Waals surface area contributed by atoms with Gasteiger partial charge in [-0.15, -0.1) is 0 Å². The summed E-state index contributed by atoms with van der Waals surface area (Å²) < 4.78 is 0. The van der Waals surface area contributed by atoms with Crippen LogP contribution >= 0.6 is 0 Å². The molecule has 0 aliphatic carbocycles. The number of hydrogen-bond donors (Lipinski definition) is 3. The average molecular weight is 744 g/mol. The maximum absolute atomic E-state index is 12.3. The molecule has 0 aromatic heterocycles. The van der Waals surface area contributed by atoms with Gasteiger partial charge in [0.25, 0.3) is 0 Å². The minimum Gasteiger partial charge on any atom is -0.394 e. The van der Waals surface area contributed by atoms with E-state index in [2.05, 4.69) is 129 Å². The van der Waals surface area contributed by atoms with Gasteiger partial charge in [-0.3, -0.25) is 4.79 Å². The molecule has 0 bridgehead atoms. The van der Waals surface area contributed by atoms with Crippen LogP contribution in [0.4, 0.5) is 0 Å². The van der Waals surface area contributed by atoms with Crippen LogP contribution in [0.25, 0.3) is 0 Å². The molecule has 54 heavy (non-hydrogen) atoms. The van der Waals surface area contributed by atoms with Crippen molar-refractivity contribution in [2.75, 3.05) is 6.61 Å². The molecule has 2 unspecified atom stereocenters. The predicted molar refractivity (Wildman–Crippen MR) is 239 cm³/mol. The third-order valence-corrected chi connectivity index (χ3v) is 8.95. The van der Waals surface area contributed by atoms with E-state index in [1.807, 2.05) is 6.08 Å². The molecule has 0 heterocycles. The number of rotatable bonds is 37. The summed E-state index contributed by atoms with van der Waals surface area (Å²) in [7, 11) is 0. The summed E-state index contributed by atoms with van der Waals surface area (Å²) in [5.74, 6) is -0.0870. The molecular weight excluding hydrogens is 663 g/mol. The first kappa shape index (κ1) is 50.8. The van der Waals surface area contributed by atoms with Crippen LogP contribution in [-0.4, -0.2) is 34.9 Å². The third-order valence-electron chi connectivity index (χ3n) is 8.95. The van der Waals surface area contributed by atoms with E-state index in [9.17, 15) is 15.0 Å². The first-order chi connectivity index (χ1) is 26.7. The zero-order chi connectivity index (χ0) is 39.3. The van der Waals surface area contributed by atoms with Crippen molar-refractivity contribution >= 4 is 5.91 Å². The summed E-state index contributed by atoms with van der Waals surface area (Å²) in [6.07, 6.45) is 68.9. The van der Waals surface area contributed by atoms with Gasteiger partial charge in [-0.25, -0.2) is 0 Å². The predicted octanol–water partition coefficient (Wildman–Crippen LogP) is 13.8. The fourth-order valence-electron chi connectivity index (χ4n) is 5.64. The number of hydrogen-bond acceptors (Lipinski definition) is 3. The van der Waals surface area contributed by atoms with Gasteiger partial charge in [-0.2, -0.15) is 0 Å². The van der Waals surface area contributed by atoms with Crippen LogP contribution in [0.2, 0.25) is 0 Å². The highest BCUT2D eigenvalue weighted by molar-refractivity contribution is 5.76. The number of aliphatic hydroxyl groups is 2. The number of unbranched alkanes of at least 4 members (excludes halogenated alkanes) is 12. The molecule has 0 fully saturated rings.